The van der Waals surface area contributed by atoms with Crippen molar-refractivity contribution < 1.29 is 4.74 Å². The van der Waals surface area contributed by atoms with Gasteiger partial charge in [0.15, 0.2) is 0 Å². The summed E-state index contributed by atoms with van der Waals surface area (Å²) in [4.78, 5) is 11.6. The fraction of sp³-hybridized carbons (Fsp3) is 0.182. The molecule has 0 fully saturated rings. The van der Waals surface area contributed by atoms with Crippen LogP contribution in [0.25, 0.3) is 8.79 Å². The van der Waals surface area contributed by atoms with E-state index in [1.54, 1.807) is 13.2 Å². The Morgan fingerprint density at radius 3 is 2.79 bits per heavy atom. The molecule has 0 saturated carbocycles. The fourth-order valence-electron chi connectivity index (χ4n) is 1.38. The van der Waals surface area contributed by atoms with Gasteiger partial charge in [0.1, 0.15) is 0 Å². The number of hydrogen-bond donors (Lipinski definition) is 0. The Kier molecular flexibility index (Phi) is 2.62. The van der Waals surface area contributed by atoms with Crippen molar-refractivity contribution in [2.24, 2.45) is 0 Å². The van der Waals surface area contributed by atoms with Crippen LogP contribution in [0, 0.1) is 6.92 Å². The number of hydrogen-bond acceptors (Lipinski definition) is 2. The summed E-state index contributed by atoms with van der Waals surface area (Å²) in [5.41, 5.74) is 0.136. The summed E-state index contributed by atoms with van der Waals surface area (Å²) < 4.78 is 7.57. The van der Waals surface area contributed by atoms with E-state index in [4.69, 9.17) is 4.74 Å². The van der Waals surface area contributed by atoms with Gasteiger partial charge in [0.05, 0.1) is 0 Å². The Balaban J connectivity index is 2.82. The Morgan fingerprint density at radius 1 is 1.29 bits per heavy atom. The van der Waals surface area contributed by atoms with Crippen LogP contribution in [-0.2, 0) is 0 Å². The third-order valence-electron chi connectivity index (χ3n) is 2.06. The second kappa shape index (κ2) is 3.76. The van der Waals surface area contributed by atoms with Gasteiger partial charge < -0.3 is 0 Å². The molecule has 0 spiro atoms. The maximum absolute atomic E-state index is 11.6. The minimum atomic E-state index is -0.340. The van der Waals surface area contributed by atoms with E-state index in [1.165, 1.54) is 6.98 Å². The molecular weight excluding hydrogens is 292 g/mol. The molecule has 0 bridgehead atoms. The van der Waals surface area contributed by atoms with Gasteiger partial charge in [0, 0.05) is 0 Å². The molecule has 0 aliphatic heterocycles. The Hall–Kier alpha value is -0.780. The van der Waals surface area contributed by atoms with E-state index in [0.29, 0.717) is 0 Å². The molecule has 1 heterocycles. The van der Waals surface area contributed by atoms with E-state index in [-0.39, 0.29) is 25.9 Å². The topological polar surface area (TPSA) is 26.3 Å². The number of methoxy groups -OCH3 is 1. The zero-order valence-corrected chi connectivity index (χ0v) is 10.4. The van der Waals surface area contributed by atoms with Crippen LogP contribution in [0.5, 0.6) is 5.75 Å². The predicted molar refractivity (Wildman–Crippen MR) is 58.4 cm³/mol. The first-order valence-corrected chi connectivity index (χ1v) is 6.62. The van der Waals surface area contributed by atoms with Gasteiger partial charge in [-0.3, -0.25) is 0 Å². The molecule has 1 aromatic heterocycles. The molecule has 2 rings (SSSR count). The Bertz CT molecular complexity index is 528. The van der Waals surface area contributed by atoms with Crippen LogP contribution < -0.4 is 10.2 Å². The quantitative estimate of drug-likeness (QED) is 0.748. The Labute approximate surface area is 91.8 Å². The van der Waals surface area contributed by atoms with Gasteiger partial charge in [-0.1, -0.05) is 0 Å². The van der Waals surface area contributed by atoms with Crippen molar-refractivity contribution in [3.63, 3.8) is 0 Å². The number of fused-ring (bicyclic) bond motifs is 1. The minimum absolute atomic E-state index is 0.136. The summed E-state index contributed by atoms with van der Waals surface area (Å²) in [6.07, 6.45) is 0. The third-order valence-corrected chi connectivity index (χ3v) is 4.91. The molecule has 0 radical (unpaired) electrons. The van der Waals surface area contributed by atoms with Crippen LogP contribution >= 0.6 is 0 Å². The normalized spacial score (nSPS) is 10.4. The van der Waals surface area contributed by atoms with Gasteiger partial charge in [-0.2, -0.15) is 0 Å². The SMILES string of the molecule is COc1ccc2c(=O)cc(C)[te]c2c1. The van der Waals surface area contributed by atoms with E-state index in [1.807, 2.05) is 25.1 Å². The molecular formula is C11H10O2Te. The zero-order valence-electron chi connectivity index (χ0n) is 8.03. The molecule has 0 aliphatic carbocycles. The van der Waals surface area contributed by atoms with Gasteiger partial charge in [0.25, 0.3) is 0 Å². The van der Waals surface area contributed by atoms with Gasteiger partial charge in [0.2, 0.25) is 0 Å². The molecule has 0 N–H and O–H groups in total. The van der Waals surface area contributed by atoms with Gasteiger partial charge in [-0.05, 0) is 0 Å². The number of ether oxygens (including phenoxy) is 1. The van der Waals surface area contributed by atoms with Crippen LogP contribution in [0.1, 0.15) is 3.58 Å². The first kappa shape index (κ1) is 9.76. The van der Waals surface area contributed by atoms with Crippen LogP contribution in [-0.4, -0.2) is 27.5 Å². The summed E-state index contributed by atoms with van der Waals surface area (Å²) >= 11 is -0.340. The van der Waals surface area contributed by atoms with E-state index in [0.717, 1.165) is 11.1 Å². The molecule has 2 nitrogen and oxygen atoms in total. The molecule has 3 heteroatoms. The summed E-state index contributed by atoms with van der Waals surface area (Å²) in [5, 5.41) is 0.860. The van der Waals surface area contributed by atoms with Crippen molar-refractivity contribution in [1.29, 1.82) is 0 Å². The Morgan fingerprint density at radius 2 is 2.07 bits per heavy atom. The molecule has 72 valence electrons. The summed E-state index contributed by atoms with van der Waals surface area (Å²) in [7, 11) is 1.65. The fourth-order valence-corrected chi connectivity index (χ4v) is 4.14. The molecule has 0 aliphatic rings. The van der Waals surface area contributed by atoms with Crippen molar-refractivity contribution in [1.82, 2.24) is 0 Å². The summed E-state index contributed by atoms with van der Waals surface area (Å²) in [6.45, 7) is 2.03. The number of rotatable bonds is 1. The van der Waals surface area contributed by atoms with Gasteiger partial charge in [-0.25, -0.2) is 0 Å². The average Bonchev–Trinajstić information content (AvgIpc) is 2.16. The summed E-state index contributed by atoms with van der Waals surface area (Å²) in [6, 6.07) is 7.46. The molecule has 0 saturated heterocycles. The van der Waals surface area contributed by atoms with Crippen molar-refractivity contribution in [3.8, 4) is 5.75 Å². The number of benzene rings is 1. The third kappa shape index (κ3) is 1.70. The first-order valence-electron chi connectivity index (χ1n) is 4.29. The van der Waals surface area contributed by atoms with Crippen molar-refractivity contribution in [2.45, 2.75) is 6.92 Å². The average molecular weight is 302 g/mol. The number of aryl methyl sites for hydroxylation is 1. The van der Waals surface area contributed by atoms with Crippen LogP contribution in [0.15, 0.2) is 29.1 Å². The van der Waals surface area contributed by atoms with Crippen molar-refractivity contribution >= 4 is 29.2 Å². The van der Waals surface area contributed by atoms with Crippen LogP contribution in [0.3, 0.4) is 0 Å². The van der Waals surface area contributed by atoms with Crippen LogP contribution in [0.4, 0.5) is 0 Å². The molecule has 1 aromatic carbocycles. The molecule has 0 amide bonds. The van der Waals surface area contributed by atoms with E-state index < -0.39 is 0 Å². The zero-order chi connectivity index (χ0) is 10.1. The molecule has 0 atom stereocenters. The van der Waals surface area contributed by atoms with Crippen molar-refractivity contribution in [2.75, 3.05) is 7.11 Å². The second-order valence-corrected chi connectivity index (χ2v) is 6.76. The van der Waals surface area contributed by atoms with E-state index >= 15 is 0 Å². The van der Waals surface area contributed by atoms with Gasteiger partial charge in [-0.15, -0.1) is 0 Å². The van der Waals surface area contributed by atoms with Crippen LogP contribution in [0.2, 0.25) is 0 Å². The summed E-state index contributed by atoms with van der Waals surface area (Å²) in [5.74, 6) is 0.844. The van der Waals surface area contributed by atoms with E-state index in [2.05, 4.69) is 0 Å². The van der Waals surface area contributed by atoms with Crippen molar-refractivity contribution in [3.05, 3.63) is 38.1 Å². The maximum atomic E-state index is 11.6. The van der Waals surface area contributed by atoms with Gasteiger partial charge >= 0.3 is 91.8 Å². The standard InChI is InChI=1S/C11H10O2Te/c1-7-5-10(12)9-4-3-8(13-2)6-11(9)14-7/h3-6H,1-2H3. The second-order valence-electron chi connectivity index (χ2n) is 3.08. The first-order chi connectivity index (χ1) is 6.70. The molecule has 0 unspecified atom stereocenters. The van der Waals surface area contributed by atoms with E-state index in [9.17, 15) is 4.79 Å². The molecule has 2 aromatic rings. The molecule has 14 heavy (non-hydrogen) atoms. The predicted octanol–water partition coefficient (Wildman–Crippen LogP) is 1.57. The monoisotopic (exact) mass is 304 g/mol.